The average Bonchev–Trinajstić information content (AvgIpc) is 2.54. The van der Waals surface area contributed by atoms with Crippen molar-refractivity contribution in [1.82, 2.24) is 0 Å². The number of ether oxygens (including phenoxy) is 2. The number of halogens is 3. The summed E-state index contributed by atoms with van der Waals surface area (Å²) < 4.78 is 51.6. The first-order valence-electron chi connectivity index (χ1n) is 7.43. The second-order valence-corrected chi connectivity index (χ2v) is 5.13. The van der Waals surface area contributed by atoms with Crippen molar-refractivity contribution in [2.45, 2.75) is 20.0 Å². The summed E-state index contributed by atoms with van der Waals surface area (Å²) >= 11 is 0. The van der Waals surface area contributed by atoms with Crippen molar-refractivity contribution in [3.8, 4) is 11.8 Å². The Balaban J connectivity index is 2.19. The van der Waals surface area contributed by atoms with Crippen LogP contribution < -0.4 is 4.74 Å². The van der Waals surface area contributed by atoms with Gasteiger partial charge in [-0.2, -0.15) is 5.26 Å². The van der Waals surface area contributed by atoms with Crippen molar-refractivity contribution in [3.05, 3.63) is 64.5 Å². The van der Waals surface area contributed by atoms with Crippen LogP contribution in [-0.4, -0.2) is 12.6 Å². The van der Waals surface area contributed by atoms with E-state index < -0.39 is 29.0 Å². The molecule has 0 aliphatic carbocycles. The van der Waals surface area contributed by atoms with Gasteiger partial charge in [0.1, 0.15) is 34.8 Å². The molecule has 0 spiro atoms. The highest BCUT2D eigenvalue weighted by atomic mass is 19.1. The maximum Gasteiger partial charge on any atom is 0.349 e. The molecule has 130 valence electrons. The van der Waals surface area contributed by atoms with E-state index in [-0.39, 0.29) is 23.5 Å². The number of nitrogens with zero attached hydrogens (tertiary/aromatic N) is 1. The first-order chi connectivity index (χ1) is 12.0. The number of esters is 1. The monoisotopic (exact) mass is 349 g/mol. The lowest BCUT2D eigenvalue weighted by atomic mass is 10.1. The molecule has 4 nitrogen and oxygen atoms in total. The van der Waals surface area contributed by atoms with Crippen LogP contribution in [0.3, 0.4) is 0 Å². The fourth-order valence-electron chi connectivity index (χ4n) is 2.05. The molecule has 0 fully saturated rings. The van der Waals surface area contributed by atoms with Crippen LogP contribution in [0.15, 0.2) is 30.3 Å². The van der Waals surface area contributed by atoms with Gasteiger partial charge < -0.3 is 9.47 Å². The largest absolute Gasteiger partial charge is 0.423 e. The standard InChI is InChI=1S/C18H14F3NO3/c1-2-5-24-10-11-6-15(20)17(16(21)7-11)18(23)25-13-4-3-12(9-22)14(19)8-13/h3-4,6-8H,2,5,10H2,1H3. The van der Waals surface area contributed by atoms with Crippen molar-refractivity contribution in [2.24, 2.45) is 0 Å². The van der Waals surface area contributed by atoms with Crippen molar-refractivity contribution >= 4 is 5.97 Å². The SMILES string of the molecule is CCCOCc1cc(F)c(C(=O)Oc2ccc(C#N)c(F)c2)c(F)c1. The van der Waals surface area contributed by atoms with Gasteiger partial charge in [0.2, 0.25) is 0 Å². The maximum atomic E-state index is 14.1. The molecule has 7 heteroatoms. The summed E-state index contributed by atoms with van der Waals surface area (Å²) in [6, 6.07) is 6.61. The van der Waals surface area contributed by atoms with Gasteiger partial charge in [-0.05, 0) is 36.2 Å². The molecule has 0 N–H and O–H groups in total. The van der Waals surface area contributed by atoms with Crippen LogP contribution in [0.1, 0.15) is 34.8 Å². The van der Waals surface area contributed by atoms with Gasteiger partial charge in [0, 0.05) is 12.7 Å². The fraction of sp³-hybridized carbons (Fsp3) is 0.222. The molecule has 0 saturated heterocycles. The minimum Gasteiger partial charge on any atom is -0.423 e. The summed E-state index contributed by atoms with van der Waals surface area (Å²) in [4.78, 5) is 12.0. The van der Waals surface area contributed by atoms with Crippen LogP contribution in [0.5, 0.6) is 5.75 Å². The van der Waals surface area contributed by atoms with Crippen LogP contribution in [0.4, 0.5) is 13.2 Å². The molecule has 2 aromatic rings. The molecule has 0 bridgehead atoms. The third kappa shape index (κ3) is 4.58. The number of benzene rings is 2. The van der Waals surface area contributed by atoms with E-state index in [4.69, 9.17) is 14.7 Å². The summed E-state index contributed by atoms with van der Waals surface area (Å²) in [6.07, 6.45) is 0.760. The third-order valence-corrected chi connectivity index (χ3v) is 3.19. The fourth-order valence-corrected chi connectivity index (χ4v) is 2.05. The van der Waals surface area contributed by atoms with Gasteiger partial charge in [-0.1, -0.05) is 6.92 Å². The first-order valence-corrected chi connectivity index (χ1v) is 7.43. The van der Waals surface area contributed by atoms with Gasteiger partial charge in [-0.25, -0.2) is 18.0 Å². The highest BCUT2D eigenvalue weighted by Crippen LogP contribution is 2.21. The Morgan fingerprint density at radius 1 is 1.12 bits per heavy atom. The Morgan fingerprint density at radius 2 is 1.80 bits per heavy atom. The van der Waals surface area contributed by atoms with Gasteiger partial charge in [0.05, 0.1) is 12.2 Å². The molecule has 0 aliphatic rings. The maximum absolute atomic E-state index is 14.1. The number of carbonyl (C=O) groups excluding carboxylic acids is 1. The smallest absolute Gasteiger partial charge is 0.349 e. The number of hydrogen-bond acceptors (Lipinski definition) is 4. The normalized spacial score (nSPS) is 10.4. The molecule has 2 rings (SSSR count). The summed E-state index contributed by atoms with van der Waals surface area (Å²) in [5.41, 5.74) is -0.887. The van der Waals surface area contributed by atoms with Crippen LogP contribution >= 0.6 is 0 Å². The summed E-state index contributed by atoms with van der Waals surface area (Å²) in [5.74, 6) is -4.68. The Kier molecular flexibility index (Phi) is 6.14. The molecule has 0 saturated carbocycles. The number of hydrogen-bond donors (Lipinski definition) is 0. The van der Waals surface area contributed by atoms with Gasteiger partial charge in [0.25, 0.3) is 0 Å². The number of rotatable bonds is 6. The predicted molar refractivity (Wildman–Crippen MR) is 82.4 cm³/mol. The molecule has 0 unspecified atom stereocenters. The minimum absolute atomic E-state index is 0.0117. The lowest BCUT2D eigenvalue weighted by Gasteiger charge is -2.09. The zero-order valence-electron chi connectivity index (χ0n) is 13.3. The van der Waals surface area contributed by atoms with Crippen molar-refractivity contribution in [1.29, 1.82) is 5.26 Å². The van der Waals surface area contributed by atoms with Crippen molar-refractivity contribution in [3.63, 3.8) is 0 Å². The lowest BCUT2D eigenvalue weighted by Crippen LogP contribution is -2.14. The van der Waals surface area contributed by atoms with E-state index in [2.05, 4.69) is 0 Å². The number of carbonyl (C=O) groups is 1. The molecular formula is C18H14F3NO3. The van der Waals surface area contributed by atoms with E-state index in [0.717, 1.165) is 36.8 Å². The molecular weight excluding hydrogens is 335 g/mol. The van der Waals surface area contributed by atoms with Gasteiger partial charge >= 0.3 is 5.97 Å². The third-order valence-electron chi connectivity index (χ3n) is 3.19. The molecule has 0 aliphatic heterocycles. The van der Waals surface area contributed by atoms with E-state index in [0.29, 0.717) is 6.61 Å². The van der Waals surface area contributed by atoms with Crippen LogP contribution in [0, 0.1) is 28.8 Å². The molecule has 0 amide bonds. The quantitative estimate of drug-likeness (QED) is 0.447. The second-order valence-electron chi connectivity index (χ2n) is 5.13. The molecule has 0 aromatic heterocycles. The second kappa shape index (κ2) is 8.31. The Labute approximate surface area is 142 Å². The minimum atomic E-state index is -1.31. The first kappa shape index (κ1) is 18.5. The van der Waals surface area contributed by atoms with Crippen LogP contribution in [0.25, 0.3) is 0 Å². The highest BCUT2D eigenvalue weighted by molar-refractivity contribution is 5.91. The Hall–Kier alpha value is -2.85. The van der Waals surface area contributed by atoms with E-state index >= 15 is 0 Å². The number of nitriles is 1. The van der Waals surface area contributed by atoms with E-state index in [1.54, 1.807) is 6.07 Å². The zero-order valence-corrected chi connectivity index (χ0v) is 13.3. The lowest BCUT2D eigenvalue weighted by molar-refractivity contribution is 0.0723. The van der Waals surface area contributed by atoms with E-state index in [9.17, 15) is 18.0 Å². The zero-order chi connectivity index (χ0) is 18.4. The van der Waals surface area contributed by atoms with Crippen LogP contribution in [-0.2, 0) is 11.3 Å². The van der Waals surface area contributed by atoms with Crippen LogP contribution in [0.2, 0.25) is 0 Å². The van der Waals surface area contributed by atoms with Gasteiger partial charge in [-0.15, -0.1) is 0 Å². The summed E-state index contributed by atoms with van der Waals surface area (Å²) in [7, 11) is 0. The summed E-state index contributed by atoms with van der Waals surface area (Å²) in [6.45, 7) is 2.35. The predicted octanol–water partition coefficient (Wildman–Crippen LogP) is 4.12. The Bertz CT molecular complexity index is 808. The summed E-state index contributed by atoms with van der Waals surface area (Å²) in [5, 5.41) is 8.64. The van der Waals surface area contributed by atoms with E-state index in [1.807, 2.05) is 6.92 Å². The molecule has 2 aromatic carbocycles. The topological polar surface area (TPSA) is 59.3 Å². The average molecular weight is 349 g/mol. The highest BCUT2D eigenvalue weighted by Gasteiger charge is 2.21. The van der Waals surface area contributed by atoms with Crippen molar-refractivity contribution < 1.29 is 27.4 Å². The van der Waals surface area contributed by atoms with Gasteiger partial charge in [0.15, 0.2) is 0 Å². The Morgan fingerprint density at radius 3 is 2.36 bits per heavy atom. The van der Waals surface area contributed by atoms with Crippen molar-refractivity contribution in [2.75, 3.05) is 6.61 Å². The molecule has 0 heterocycles. The molecule has 0 radical (unpaired) electrons. The molecule has 0 atom stereocenters. The van der Waals surface area contributed by atoms with Gasteiger partial charge in [-0.3, -0.25) is 0 Å². The molecule has 25 heavy (non-hydrogen) atoms. The van der Waals surface area contributed by atoms with E-state index in [1.165, 1.54) is 0 Å².